The van der Waals surface area contributed by atoms with Gasteiger partial charge in [-0.1, -0.05) is 12.1 Å². The van der Waals surface area contributed by atoms with Gasteiger partial charge in [0.15, 0.2) is 11.6 Å². The minimum absolute atomic E-state index is 0.367. The number of benzene rings is 1. The summed E-state index contributed by atoms with van der Waals surface area (Å²) in [4.78, 5) is 4.76. The van der Waals surface area contributed by atoms with Crippen molar-refractivity contribution >= 4 is 21.7 Å². The summed E-state index contributed by atoms with van der Waals surface area (Å²) in [7, 11) is -3.45. The molecule has 1 aromatic heterocycles. The van der Waals surface area contributed by atoms with E-state index in [9.17, 15) is 8.42 Å². The number of hydrogen-bond donors (Lipinski definition) is 0. The highest BCUT2D eigenvalue weighted by Crippen LogP contribution is 2.22. The second-order valence-corrected chi connectivity index (χ2v) is 9.44. The molecule has 0 saturated carbocycles. The molecule has 0 bridgehead atoms. The Bertz CT molecular complexity index is 902. The number of piperazine rings is 1. The van der Waals surface area contributed by atoms with Crippen LogP contribution in [0.25, 0.3) is 0 Å². The number of sulfonamides is 1. The average molecular weight is 402 g/mol. The van der Waals surface area contributed by atoms with Crippen molar-refractivity contribution < 1.29 is 8.42 Å². The molecule has 3 heterocycles. The molecule has 2 aromatic rings. The number of hydrogen-bond acceptors (Lipinski definition) is 6. The first-order chi connectivity index (χ1) is 13.5. The SMILES string of the molecule is Cc1cccc(S(=O)(=O)N2CCN(c3ccc(N4CCCCC4)nn3)CC2)c1. The lowest BCUT2D eigenvalue weighted by Crippen LogP contribution is -2.49. The lowest BCUT2D eigenvalue weighted by atomic mass is 10.1. The van der Waals surface area contributed by atoms with Crippen molar-refractivity contribution in [3.63, 3.8) is 0 Å². The fourth-order valence-electron chi connectivity index (χ4n) is 3.86. The van der Waals surface area contributed by atoms with Gasteiger partial charge < -0.3 is 9.80 Å². The topological polar surface area (TPSA) is 69.6 Å². The lowest BCUT2D eigenvalue weighted by Gasteiger charge is -2.34. The van der Waals surface area contributed by atoms with E-state index in [0.717, 1.165) is 30.3 Å². The van der Waals surface area contributed by atoms with E-state index in [1.807, 2.05) is 25.1 Å². The summed E-state index contributed by atoms with van der Waals surface area (Å²) in [5.41, 5.74) is 0.948. The maximum atomic E-state index is 12.9. The van der Waals surface area contributed by atoms with Crippen molar-refractivity contribution in [2.45, 2.75) is 31.1 Å². The van der Waals surface area contributed by atoms with Crippen LogP contribution in [0.15, 0.2) is 41.3 Å². The molecule has 2 aliphatic rings. The molecule has 2 fully saturated rings. The van der Waals surface area contributed by atoms with Crippen molar-refractivity contribution in [1.29, 1.82) is 0 Å². The zero-order valence-corrected chi connectivity index (χ0v) is 17.1. The van der Waals surface area contributed by atoms with Gasteiger partial charge in [0.2, 0.25) is 10.0 Å². The molecule has 0 aliphatic carbocycles. The zero-order valence-electron chi connectivity index (χ0n) is 16.3. The second-order valence-electron chi connectivity index (χ2n) is 7.51. The minimum Gasteiger partial charge on any atom is -0.355 e. The van der Waals surface area contributed by atoms with E-state index in [-0.39, 0.29) is 0 Å². The molecule has 0 unspecified atom stereocenters. The summed E-state index contributed by atoms with van der Waals surface area (Å²) in [6.07, 6.45) is 3.71. The van der Waals surface area contributed by atoms with Crippen molar-refractivity contribution in [3.05, 3.63) is 42.0 Å². The van der Waals surface area contributed by atoms with Crippen LogP contribution in [0.3, 0.4) is 0 Å². The van der Waals surface area contributed by atoms with Gasteiger partial charge in [-0.2, -0.15) is 4.31 Å². The van der Waals surface area contributed by atoms with Gasteiger partial charge in [-0.05, 0) is 56.0 Å². The molecule has 28 heavy (non-hydrogen) atoms. The summed E-state index contributed by atoms with van der Waals surface area (Å²) >= 11 is 0. The van der Waals surface area contributed by atoms with Crippen LogP contribution >= 0.6 is 0 Å². The molecule has 8 heteroatoms. The van der Waals surface area contributed by atoms with Gasteiger partial charge in [0.05, 0.1) is 4.90 Å². The largest absolute Gasteiger partial charge is 0.355 e. The van der Waals surface area contributed by atoms with Gasteiger partial charge in [0, 0.05) is 39.3 Å². The summed E-state index contributed by atoms with van der Waals surface area (Å²) in [6, 6.07) is 11.1. The number of piperidine rings is 1. The minimum atomic E-state index is -3.45. The van der Waals surface area contributed by atoms with Crippen molar-refractivity contribution in [2.75, 3.05) is 49.1 Å². The third kappa shape index (κ3) is 3.98. The van der Waals surface area contributed by atoms with E-state index in [4.69, 9.17) is 0 Å². The molecule has 0 amide bonds. The first-order valence-electron chi connectivity index (χ1n) is 9.94. The van der Waals surface area contributed by atoms with Gasteiger partial charge >= 0.3 is 0 Å². The fourth-order valence-corrected chi connectivity index (χ4v) is 5.39. The highest BCUT2D eigenvalue weighted by molar-refractivity contribution is 7.89. The number of nitrogens with zero attached hydrogens (tertiary/aromatic N) is 5. The van der Waals surface area contributed by atoms with Crippen LogP contribution < -0.4 is 9.80 Å². The average Bonchev–Trinajstić information content (AvgIpc) is 2.75. The van der Waals surface area contributed by atoms with Crippen LogP contribution in [-0.4, -0.2) is 62.2 Å². The molecule has 4 rings (SSSR count). The van der Waals surface area contributed by atoms with Gasteiger partial charge in [0.25, 0.3) is 0 Å². The maximum absolute atomic E-state index is 12.9. The molecule has 0 N–H and O–H groups in total. The van der Waals surface area contributed by atoms with Gasteiger partial charge in [-0.3, -0.25) is 0 Å². The van der Waals surface area contributed by atoms with E-state index in [0.29, 0.717) is 31.1 Å². The first kappa shape index (κ1) is 19.1. The standard InChI is InChI=1S/C20H27N5O2S/c1-17-6-5-7-18(16-17)28(26,27)25-14-12-24(13-15-25)20-9-8-19(21-22-20)23-10-3-2-4-11-23/h5-9,16H,2-4,10-15H2,1H3. The van der Waals surface area contributed by atoms with E-state index < -0.39 is 10.0 Å². The lowest BCUT2D eigenvalue weighted by molar-refractivity contribution is 0.383. The van der Waals surface area contributed by atoms with E-state index in [2.05, 4.69) is 20.0 Å². The Morgan fingerprint density at radius 1 is 0.786 bits per heavy atom. The van der Waals surface area contributed by atoms with Crippen molar-refractivity contribution in [2.24, 2.45) is 0 Å². The molecule has 150 valence electrons. The summed E-state index contributed by atoms with van der Waals surface area (Å²) in [5, 5.41) is 8.81. The maximum Gasteiger partial charge on any atom is 0.243 e. The number of aromatic nitrogens is 2. The quantitative estimate of drug-likeness (QED) is 0.783. The highest BCUT2D eigenvalue weighted by atomic mass is 32.2. The van der Waals surface area contributed by atoms with Crippen molar-refractivity contribution in [1.82, 2.24) is 14.5 Å². The van der Waals surface area contributed by atoms with Gasteiger partial charge in [-0.15, -0.1) is 10.2 Å². The summed E-state index contributed by atoms with van der Waals surface area (Å²) in [6.45, 7) is 6.12. The number of anilines is 2. The molecule has 7 nitrogen and oxygen atoms in total. The van der Waals surface area contributed by atoms with Crippen molar-refractivity contribution in [3.8, 4) is 0 Å². The Balaban J connectivity index is 1.40. The normalized spacial score (nSPS) is 19.0. The molecular weight excluding hydrogens is 374 g/mol. The highest BCUT2D eigenvalue weighted by Gasteiger charge is 2.29. The summed E-state index contributed by atoms with van der Waals surface area (Å²) < 4.78 is 27.3. The molecule has 0 radical (unpaired) electrons. The third-order valence-corrected chi connectivity index (χ3v) is 7.40. The smallest absolute Gasteiger partial charge is 0.243 e. The summed E-state index contributed by atoms with van der Waals surface area (Å²) in [5.74, 6) is 1.75. The van der Waals surface area contributed by atoms with Crippen LogP contribution in [0.4, 0.5) is 11.6 Å². The second kappa shape index (κ2) is 8.05. The Morgan fingerprint density at radius 2 is 1.39 bits per heavy atom. The van der Waals surface area contributed by atoms with E-state index >= 15 is 0 Å². The predicted octanol–water partition coefficient (Wildman–Crippen LogP) is 2.29. The first-order valence-corrected chi connectivity index (χ1v) is 11.4. The number of rotatable bonds is 4. The van der Waals surface area contributed by atoms with E-state index in [1.165, 1.54) is 19.3 Å². The molecular formula is C20H27N5O2S. The Labute approximate surface area is 167 Å². The molecule has 2 saturated heterocycles. The van der Waals surface area contributed by atoms with Crippen LogP contribution in [0.1, 0.15) is 24.8 Å². The van der Waals surface area contributed by atoms with Gasteiger partial charge in [-0.25, -0.2) is 8.42 Å². The fraction of sp³-hybridized carbons (Fsp3) is 0.500. The van der Waals surface area contributed by atoms with Crippen LogP contribution in [-0.2, 0) is 10.0 Å². The predicted molar refractivity (Wildman–Crippen MR) is 110 cm³/mol. The van der Waals surface area contributed by atoms with E-state index in [1.54, 1.807) is 22.5 Å². The zero-order chi connectivity index (χ0) is 19.6. The Kier molecular flexibility index (Phi) is 5.50. The molecule has 1 aromatic carbocycles. The number of aryl methyl sites for hydroxylation is 1. The Hall–Kier alpha value is -2.19. The van der Waals surface area contributed by atoms with Gasteiger partial charge in [0.1, 0.15) is 0 Å². The van der Waals surface area contributed by atoms with Crippen LogP contribution in [0.2, 0.25) is 0 Å². The third-order valence-electron chi connectivity index (χ3n) is 5.51. The van der Waals surface area contributed by atoms with Crippen LogP contribution in [0, 0.1) is 6.92 Å². The Morgan fingerprint density at radius 3 is 1.96 bits per heavy atom. The monoisotopic (exact) mass is 401 g/mol. The van der Waals surface area contributed by atoms with Crippen LogP contribution in [0.5, 0.6) is 0 Å². The molecule has 2 aliphatic heterocycles. The molecule has 0 atom stereocenters. The molecule has 0 spiro atoms.